The van der Waals surface area contributed by atoms with Gasteiger partial charge in [0.15, 0.2) is 13.2 Å². The quantitative estimate of drug-likeness (QED) is 0.533. The van der Waals surface area contributed by atoms with Crippen LogP contribution in [0.4, 0.5) is 22.0 Å². The third-order valence-corrected chi connectivity index (χ3v) is 2.16. The van der Waals surface area contributed by atoms with Crippen molar-refractivity contribution < 1.29 is 41.0 Å². The van der Waals surface area contributed by atoms with Crippen LogP contribution in [0.1, 0.15) is 20.3 Å². The molecule has 19 heavy (non-hydrogen) atoms. The first-order valence-electron chi connectivity index (χ1n) is 5.20. The number of hydrogen-bond donors (Lipinski definition) is 0. The van der Waals surface area contributed by atoms with Gasteiger partial charge in [-0.25, -0.2) is 22.8 Å². The maximum Gasteiger partial charge on any atom is 0.344 e. The largest absolute Gasteiger partial charge is 0.457 e. The second-order valence-electron chi connectivity index (χ2n) is 3.85. The van der Waals surface area contributed by atoms with Crippen molar-refractivity contribution in [3.05, 3.63) is 0 Å². The Morgan fingerprint density at radius 1 is 1.16 bits per heavy atom. The molecule has 0 rings (SSSR count). The van der Waals surface area contributed by atoms with E-state index in [1.165, 1.54) is 6.92 Å². The van der Waals surface area contributed by atoms with Crippen molar-refractivity contribution in [2.24, 2.45) is 0 Å². The third-order valence-electron chi connectivity index (χ3n) is 2.16. The standard InChI is InChI=1S/C10H13F5O4/c1-3-9(2,13)8(17)18-4-6(16)19-5-10(14,15)7(11)12/h7H,3-5H2,1-2H3. The van der Waals surface area contributed by atoms with Crippen molar-refractivity contribution >= 4 is 11.9 Å². The predicted octanol–water partition coefficient (Wildman–Crippen LogP) is 2.11. The van der Waals surface area contributed by atoms with Crippen molar-refractivity contribution in [2.45, 2.75) is 38.3 Å². The molecule has 4 nitrogen and oxygen atoms in total. The molecule has 9 heteroatoms. The highest BCUT2D eigenvalue weighted by Gasteiger charge is 2.42. The van der Waals surface area contributed by atoms with Gasteiger partial charge in [-0.3, -0.25) is 0 Å². The van der Waals surface area contributed by atoms with E-state index in [4.69, 9.17) is 0 Å². The number of alkyl halides is 5. The second kappa shape index (κ2) is 6.67. The molecule has 0 bridgehead atoms. The van der Waals surface area contributed by atoms with Crippen LogP contribution in [0.5, 0.6) is 0 Å². The van der Waals surface area contributed by atoms with Gasteiger partial charge in [0, 0.05) is 0 Å². The van der Waals surface area contributed by atoms with E-state index >= 15 is 0 Å². The first-order chi connectivity index (χ1) is 8.53. The number of hydrogen-bond acceptors (Lipinski definition) is 4. The van der Waals surface area contributed by atoms with E-state index in [-0.39, 0.29) is 6.42 Å². The number of rotatable bonds is 7. The molecule has 1 atom stereocenters. The zero-order valence-electron chi connectivity index (χ0n) is 10.2. The Balaban J connectivity index is 4.12. The molecule has 0 aromatic rings. The third kappa shape index (κ3) is 5.84. The van der Waals surface area contributed by atoms with Crippen molar-refractivity contribution in [2.75, 3.05) is 13.2 Å². The summed E-state index contributed by atoms with van der Waals surface area (Å²) in [5, 5.41) is 0. The average molecular weight is 292 g/mol. The summed E-state index contributed by atoms with van der Waals surface area (Å²) in [7, 11) is 0. The summed E-state index contributed by atoms with van der Waals surface area (Å²) in [5.74, 6) is -7.33. The maximum absolute atomic E-state index is 13.3. The summed E-state index contributed by atoms with van der Waals surface area (Å²) < 4.78 is 69.4. The molecule has 0 fully saturated rings. The first kappa shape index (κ1) is 17.6. The minimum absolute atomic E-state index is 0.218. The van der Waals surface area contributed by atoms with Gasteiger partial charge in [0.25, 0.3) is 0 Å². The molecule has 0 aliphatic carbocycles. The maximum atomic E-state index is 13.3. The predicted molar refractivity (Wildman–Crippen MR) is 52.7 cm³/mol. The van der Waals surface area contributed by atoms with Crippen LogP contribution in [0.15, 0.2) is 0 Å². The lowest BCUT2D eigenvalue weighted by atomic mass is 10.1. The van der Waals surface area contributed by atoms with E-state index in [0.717, 1.165) is 6.92 Å². The lowest BCUT2D eigenvalue weighted by Gasteiger charge is -2.17. The van der Waals surface area contributed by atoms with Gasteiger partial charge in [-0.15, -0.1) is 0 Å². The average Bonchev–Trinajstić information content (AvgIpc) is 2.33. The van der Waals surface area contributed by atoms with Crippen LogP contribution in [0.2, 0.25) is 0 Å². The molecule has 0 aliphatic rings. The number of ether oxygens (including phenoxy) is 2. The number of esters is 2. The Morgan fingerprint density at radius 3 is 2.11 bits per heavy atom. The summed E-state index contributed by atoms with van der Waals surface area (Å²) in [6.45, 7) is -0.715. The molecule has 0 aromatic carbocycles. The van der Waals surface area contributed by atoms with Gasteiger partial charge in [0.1, 0.15) is 0 Å². The summed E-state index contributed by atoms with van der Waals surface area (Å²) >= 11 is 0. The molecule has 112 valence electrons. The Kier molecular flexibility index (Phi) is 6.17. The van der Waals surface area contributed by atoms with Gasteiger partial charge in [-0.1, -0.05) is 6.92 Å². The van der Waals surface area contributed by atoms with Crippen molar-refractivity contribution in [1.82, 2.24) is 0 Å². The number of carbonyl (C=O) groups excluding carboxylic acids is 2. The van der Waals surface area contributed by atoms with Gasteiger partial charge < -0.3 is 9.47 Å². The number of carbonyl (C=O) groups is 2. The minimum Gasteiger partial charge on any atom is -0.457 e. The van der Waals surface area contributed by atoms with Crippen LogP contribution in [-0.4, -0.2) is 43.2 Å². The molecule has 0 N–H and O–H groups in total. The summed E-state index contributed by atoms with van der Waals surface area (Å²) in [6, 6.07) is 0. The van der Waals surface area contributed by atoms with Crippen molar-refractivity contribution in [1.29, 1.82) is 0 Å². The molecule has 0 saturated heterocycles. The van der Waals surface area contributed by atoms with Crippen LogP contribution in [0.25, 0.3) is 0 Å². The zero-order chi connectivity index (χ0) is 15.3. The summed E-state index contributed by atoms with van der Waals surface area (Å²) in [4.78, 5) is 21.9. The molecule has 0 saturated carbocycles. The van der Waals surface area contributed by atoms with E-state index < -0.39 is 43.2 Å². The van der Waals surface area contributed by atoms with E-state index in [1.807, 2.05) is 0 Å². The summed E-state index contributed by atoms with van der Waals surface area (Å²) in [5.41, 5.74) is -2.33. The molecule has 0 aliphatic heterocycles. The van der Waals surface area contributed by atoms with Crippen molar-refractivity contribution in [3.63, 3.8) is 0 Å². The highest BCUT2D eigenvalue weighted by atomic mass is 19.3. The lowest BCUT2D eigenvalue weighted by molar-refractivity contribution is -0.185. The van der Waals surface area contributed by atoms with E-state index in [1.54, 1.807) is 0 Å². The molecule has 0 amide bonds. The fourth-order valence-corrected chi connectivity index (χ4v) is 0.701. The Labute approximate surface area is 105 Å². The fourth-order valence-electron chi connectivity index (χ4n) is 0.701. The van der Waals surface area contributed by atoms with Crippen LogP contribution >= 0.6 is 0 Å². The van der Waals surface area contributed by atoms with Gasteiger partial charge in [-0.05, 0) is 13.3 Å². The Hall–Kier alpha value is -1.41. The second-order valence-corrected chi connectivity index (χ2v) is 3.85. The normalized spacial score (nSPS) is 14.9. The van der Waals surface area contributed by atoms with E-state index in [9.17, 15) is 31.5 Å². The molecule has 1 unspecified atom stereocenters. The SMILES string of the molecule is CCC(C)(F)C(=O)OCC(=O)OCC(F)(F)C(F)F. The summed E-state index contributed by atoms with van der Waals surface area (Å²) in [6.07, 6.45) is -4.21. The van der Waals surface area contributed by atoms with Crippen LogP contribution in [-0.2, 0) is 19.1 Å². The van der Waals surface area contributed by atoms with E-state index in [0.29, 0.717) is 0 Å². The highest BCUT2D eigenvalue weighted by Crippen LogP contribution is 2.23. The zero-order valence-corrected chi connectivity index (χ0v) is 10.2. The minimum atomic E-state index is -4.49. The Bertz CT molecular complexity index is 330. The van der Waals surface area contributed by atoms with Crippen LogP contribution < -0.4 is 0 Å². The van der Waals surface area contributed by atoms with Crippen LogP contribution in [0.3, 0.4) is 0 Å². The molecule has 0 heterocycles. The topological polar surface area (TPSA) is 52.6 Å². The van der Waals surface area contributed by atoms with Gasteiger partial charge >= 0.3 is 24.3 Å². The monoisotopic (exact) mass is 292 g/mol. The smallest absolute Gasteiger partial charge is 0.344 e. The van der Waals surface area contributed by atoms with Crippen LogP contribution in [0, 0.1) is 0 Å². The molecular weight excluding hydrogens is 279 g/mol. The lowest BCUT2D eigenvalue weighted by Crippen LogP contribution is -2.36. The van der Waals surface area contributed by atoms with E-state index in [2.05, 4.69) is 9.47 Å². The molecule has 0 radical (unpaired) electrons. The fraction of sp³-hybridized carbons (Fsp3) is 0.800. The molecule has 0 aromatic heterocycles. The molecular formula is C10H13F5O4. The van der Waals surface area contributed by atoms with Gasteiger partial charge in [0.2, 0.25) is 5.67 Å². The van der Waals surface area contributed by atoms with Gasteiger partial charge in [-0.2, -0.15) is 8.78 Å². The first-order valence-corrected chi connectivity index (χ1v) is 5.20. The van der Waals surface area contributed by atoms with Crippen molar-refractivity contribution in [3.8, 4) is 0 Å². The van der Waals surface area contributed by atoms with Gasteiger partial charge in [0.05, 0.1) is 0 Å². The molecule has 0 spiro atoms. The number of halogens is 5. The Morgan fingerprint density at radius 2 is 1.68 bits per heavy atom. The highest BCUT2D eigenvalue weighted by molar-refractivity contribution is 5.81.